The van der Waals surface area contributed by atoms with Crippen molar-refractivity contribution in [3.05, 3.63) is 42.0 Å². The number of allylic oxidation sites excluding steroid dienone is 1. The molecule has 0 saturated heterocycles. The number of furan rings is 1. The molecule has 0 aromatic carbocycles. The second-order valence-electron chi connectivity index (χ2n) is 2.11. The summed E-state index contributed by atoms with van der Waals surface area (Å²) < 4.78 is 4.88. The van der Waals surface area contributed by atoms with Gasteiger partial charge in [0.25, 0.3) is 0 Å². The molecule has 0 N–H and O–H groups in total. The summed E-state index contributed by atoms with van der Waals surface area (Å²) in [6, 6.07) is 3.28. The van der Waals surface area contributed by atoms with Crippen molar-refractivity contribution in [1.82, 2.24) is 0 Å². The van der Waals surface area contributed by atoms with E-state index in [4.69, 9.17) is 4.42 Å². The topological polar surface area (TPSA) is 30.2 Å². The third-order valence-electron chi connectivity index (χ3n) is 1.35. The highest BCUT2D eigenvalue weighted by Gasteiger charge is 2.08. The lowest BCUT2D eigenvalue weighted by molar-refractivity contribution is 0.100. The largest absolute Gasteiger partial charge is 0.461 e. The molecule has 0 aliphatic heterocycles. The highest BCUT2D eigenvalue weighted by molar-refractivity contribution is 6.06. The standard InChI is InChI=1S/C9H8O2/c1-3-7(2)9(10)8-5-4-6-11-8/h4-6H,1H2,2H3. The molecule has 0 unspecified atom stereocenters. The van der Waals surface area contributed by atoms with E-state index in [0.717, 1.165) is 0 Å². The van der Waals surface area contributed by atoms with Crippen LogP contribution in [0.15, 0.2) is 40.7 Å². The maximum atomic E-state index is 11.2. The first-order valence-electron chi connectivity index (χ1n) is 3.20. The maximum absolute atomic E-state index is 11.2. The van der Waals surface area contributed by atoms with Gasteiger partial charge in [-0.3, -0.25) is 4.79 Å². The normalized spacial score (nSPS) is 8.82. The zero-order valence-electron chi connectivity index (χ0n) is 6.26. The van der Waals surface area contributed by atoms with Gasteiger partial charge < -0.3 is 4.42 Å². The van der Waals surface area contributed by atoms with Crippen molar-refractivity contribution < 1.29 is 9.21 Å². The zero-order chi connectivity index (χ0) is 8.27. The molecule has 0 saturated carbocycles. The molecule has 2 nitrogen and oxygen atoms in total. The van der Waals surface area contributed by atoms with Crippen LogP contribution in [0.2, 0.25) is 0 Å². The van der Waals surface area contributed by atoms with Crippen LogP contribution in [-0.2, 0) is 0 Å². The first-order chi connectivity index (χ1) is 5.25. The van der Waals surface area contributed by atoms with Crippen LogP contribution >= 0.6 is 0 Å². The Hall–Kier alpha value is -1.53. The lowest BCUT2D eigenvalue weighted by Gasteiger charge is -1.90. The fraction of sp³-hybridized carbons (Fsp3) is 0.111. The molecule has 0 aliphatic rings. The first-order valence-corrected chi connectivity index (χ1v) is 3.20. The molecule has 1 aromatic heterocycles. The minimum Gasteiger partial charge on any atom is -0.461 e. The summed E-state index contributed by atoms with van der Waals surface area (Å²) in [5, 5.41) is 0. The van der Waals surface area contributed by atoms with Gasteiger partial charge in [0.15, 0.2) is 5.76 Å². The van der Waals surface area contributed by atoms with Gasteiger partial charge in [0, 0.05) is 5.57 Å². The van der Waals surface area contributed by atoms with Gasteiger partial charge in [-0.1, -0.05) is 6.58 Å². The molecule has 0 atom stereocenters. The van der Waals surface area contributed by atoms with E-state index in [1.165, 1.54) is 6.26 Å². The third-order valence-corrected chi connectivity index (χ3v) is 1.35. The lowest BCUT2D eigenvalue weighted by Crippen LogP contribution is -1.96. The molecule has 56 valence electrons. The predicted octanol–water partition coefficient (Wildman–Crippen LogP) is 2.19. The van der Waals surface area contributed by atoms with Crippen LogP contribution in [0.25, 0.3) is 0 Å². The molecule has 0 bridgehead atoms. The Morgan fingerprint density at radius 1 is 1.73 bits per heavy atom. The van der Waals surface area contributed by atoms with Crippen LogP contribution in [0.1, 0.15) is 17.5 Å². The Morgan fingerprint density at radius 2 is 2.45 bits per heavy atom. The van der Waals surface area contributed by atoms with Crippen LogP contribution < -0.4 is 0 Å². The van der Waals surface area contributed by atoms with Gasteiger partial charge in [-0.25, -0.2) is 0 Å². The summed E-state index contributed by atoms with van der Waals surface area (Å²) in [5.41, 5.74) is 2.98. The number of hydrogen-bond donors (Lipinski definition) is 0. The Bertz CT molecular complexity index is 300. The highest BCUT2D eigenvalue weighted by Crippen LogP contribution is 2.06. The molecule has 11 heavy (non-hydrogen) atoms. The van der Waals surface area contributed by atoms with Gasteiger partial charge in [0.2, 0.25) is 5.78 Å². The number of rotatable bonds is 2. The van der Waals surface area contributed by atoms with Gasteiger partial charge in [-0.15, -0.1) is 5.73 Å². The molecule has 1 rings (SSSR count). The van der Waals surface area contributed by atoms with E-state index in [9.17, 15) is 4.79 Å². The van der Waals surface area contributed by atoms with E-state index >= 15 is 0 Å². The maximum Gasteiger partial charge on any atom is 0.231 e. The summed E-state index contributed by atoms with van der Waals surface area (Å²) in [6.07, 6.45) is 1.46. The summed E-state index contributed by atoms with van der Waals surface area (Å²) in [4.78, 5) is 11.2. The average molecular weight is 148 g/mol. The average Bonchev–Trinajstić information content (AvgIpc) is 2.53. The summed E-state index contributed by atoms with van der Waals surface area (Å²) in [6.45, 7) is 5.02. The zero-order valence-corrected chi connectivity index (χ0v) is 6.26. The fourth-order valence-electron chi connectivity index (χ4n) is 0.673. The van der Waals surface area contributed by atoms with E-state index < -0.39 is 0 Å². The van der Waals surface area contributed by atoms with Crippen molar-refractivity contribution in [2.75, 3.05) is 0 Å². The van der Waals surface area contributed by atoms with Crippen LogP contribution in [0.3, 0.4) is 0 Å². The van der Waals surface area contributed by atoms with E-state index in [-0.39, 0.29) is 5.78 Å². The van der Waals surface area contributed by atoms with Gasteiger partial charge >= 0.3 is 0 Å². The molecular formula is C9H8O2. The molecule has 0 fully saturated rings. The van der Waals surface area contributed by atoms with E-state index in [0.29, 0.717) is 11.3 Å². The van der Waals surface area contributed by atoms with E-state index in [1.54, 1.807) is 19.1 Å². The van der Waals surface area contributed by atoms with Crippen molar-refractivity contribution in [3.8, 4) is 0 Å². The van der Waals surface area contributed by atoms with Crippen LogP contribution in [0.5, 0.6) is 0 Å². The number of carbonyl (C=O) groups excluding carboxylic acids is 1. The Labute approximate surface area is 64.8 Å². The van der Waals surface area contributed by atoms with E-state index in [2.05, 4.69) is 12.3 Å². The summed E-state index contributed by atoms with van der Waals surface area (Å²) >= 11 is 0. The molecule has 1 aromatic rings. The minimum absolute atomic E-state index is 0.162. The predicted molar refractivity (Wildman–Crippen MR) is 41.4 cm³/mol. The number of ketones is 1. The van der Waals surface area contributed by atoms with Crippen LogP contribution in [-0.4, -0.2) is 5.78 Å². The Morgan fingerprint density at radius 3 is 2.91 bits per heavy atom. The van der Waals surface area contributed by atoms with Crippen molar-refractivity contribution in [2.45, 2.75) is 6.92 Å². The number of Topliss-reactive ketones (excluding diaryl/α,β-unsaturated/α-hetero) is 1. The highest BCUT2D eigenvalue weighted by atomic mass is 16.3. The van der Waals surface area contributed by atoms with E-state index in [1.807, 2.05) is 0 Å². The molecule has 0 amide bonds. The minimum atomic E-state index is -0.162. The fourth-order valence-corrected chi connectivity index (χ4v) is 0.673. The van der Waals surface area contributed by atoms with Gasteiger partial charge in [-0.2, -0.15) is 0 Å². The van der Waals surface area contributed by atoms with Gasteiger partial charge in [0.1, 0.15) is 0 Å². The Kier molecular flexibility index (Phi) is 2.09. The van der Waals surface area contributed by atoms with Crippen LogP contribution in [0.4, 0.5) is 0 Å². The summed E-state index contributed by atoms with van der Waals surface area (Å²) in [5.74, 6) is 0.170. The molecule has 0 radical (unpaired) electrons. The molecule has 0 aliphatic carbocycles. The Balaban J connectivity index is 2.96. The lowest BCUT2D eigenvalue weighted by atomic mass is 10.2. The monoisotopic (exact) mass is 148 g/mol. The molecular weight excluding hydrogens is 140 g/mol. The molecule has 0 spiro atoms. The quantitative estimate of drug-likeness (QED) is 0.365. The second kappa shape index (κ2) is 3.04. The van der Waals surface area contributed by atoms with Crippen molar-refractivity contribution in [3.63, 3.8) is 0 Å². The van der Waals surface area contributed by atoms with Gasteiger partial charge in [0.05, 0.1) is 6.26 Å². The van der Waals surface area contributed by atoms with Crippen LogP contribution in [0, 0.1) is 0 Å². The summed E-state index contributed by atoms with van der Waals surface area (Å²) in [7, 11) is 0. The molecule has 1 heterocycles. The SMILES string of the molecule is C=C=C(C)C(=O)c1ccco1. The number of carbonyl (C=O) groups is 1. The second-order valence-corrected chi connectivity index (χ2v) is 2.11. The molecule has 2 heteroatoms. The van der Waals surface area contributed by atoms with Crippen molar-refractivity contribution >= 4 is 5.78 Å². The number of hydrogen-bond acceptors (Lipinski definition) is 2. The third kappa shape index (κ3) is 1.48. The van der Waals surface area contributed by atoms with Crippen molar-refractivity contribution in [2.24, 2.45) is 0 Å². The smallest absolute Gasteiger partial charge is 0.231 e. The first kappa shape index (κ1) is 7.58. The van der Waals surface area contributed by atoms with Crippen molar-refractivity contribution in [1.29, 1.82) is 0 Å². The van der Waals surface area contributed by atoms with Gasteiger partial charge in [-0.05, 0) is 19.1 Å².